The van der Waals surface area contributed by atoms with Crippen molar-refractivity contribution in [2.75, 3.05) is 0 Å². The van der Waals surface area contributed by atoms with E-state index in [0.29, 0.717) is 29.7 Å². The molecule has 0 unspecified atom stereocenters. The average molecular weight is 460 g/mol. The summed E-state index contributed by atoms with van der Waals surface area (Å²) in [5.41, 5.74) is 4.49. The first kappa shape index (κ1) is 22.6. The predicted octanol–water partition coefficient (Wildman–Crippen LogP) is 6.06. The molecule has 1 N–H and O–H groups in total. The number of ketones is 1. The van der Waals surface area contributed by atoms with Crippen LogP contribution in [-0.4, -0.2) is 17.9 Å². The average Bonchev–Trinajstić information content (AvgIpc) is 2.84. The third-order valence-corrected chi connectivity index (χ3v) is 7.35. The Hall–Kier alpha value is -3.21. The van der Waals surface area contributed by atoms with Gasteiger partial charge in [0.15, 0.2) is 5.78 Å². The van der Waals surface area contributed by atoms with E-state index in [1.54, 1.807) is 12.1 Å². The highest BCUT2D eigenvalue weighted by Gasteiger charge is 2.41. The number of hydrogen-bond acceptors (Lipinski definition) is 4. The molecule has 1 fully saturated rings. The summed E-state index contributed by atoms with van der Waals surface area (Å²) in [5, 5.41) is 3.39. The van der Waals surface area contributed by atoms with Gasteiger partial charge in [0.1, 0.15) is 11.9 Å². The molecule has 5 heteroatoms. The Kier molecular flexibility index (Phi) is 6.36. The number of nitrogens with one attached hydrogen (secondary N) is 1. The molecule has 0 amide bonds. The first-order valence-electron chi connectivity index (χ1n) is 12.3. The van der Waals surface area contributed by atoms with Gasteiger partial charge in [0.05, 0.1) is 5.57 Å². The second kappa shape index (κ2) is 9.57. The van der Waals surface area contributed by atoms with E-state index in [1.807, 2.05) is 25.1 Å². The molecule has 2 atom stereocenters. The van der Waals surface area contributed by atoms with E-state index >= 15 is 0 Å². The second-order valence-corrected chi connectivity index (χ2v) is 9.64. The fourth-order valence-electron chi connectivity index (χ4n) is 5.66. The summed E-state index contributed by atoms with van der Waals surface area (Å²) >= 11 is 0. The second-order valence-electron chi connectivity index (χ2n) is 9.64. The van der Waals surface area contributed by atoms with E-state index in [0.717, 1.165) is 42.5 Å². The first-order chi connectivity index (χ1) is 16.5. The summed E-state index contributed by atoms with van der Waals surface area (Å²) in [6, 6.07) is 16.2. The van der Waals surface area contributed by atoms with E-state index in [-0.39, 0.29) is 29.6 Å². The number of allylic oxidation sites excluding steroid dienone is 3. The topological polar surface area (TPSA) is 55.4 Å². The maximum atomic E-state index is 13.7. The summed E-state index contributed by atoms with van der Waals surface area (Å²) in [7, 11) is 0. The number of ether oxygens (including phenoxy) is 1. The van der Waals surface area contributed by atoms with Crippen LogP contribution in [0.1, 0.15) is 74.8 Å². The van der Waals surface area contributed by atoms with Crippen molar-refractivity contribution in [1.82, 2.24) is 5.32 Å². The van der Waals surface area contributed by atoms with Crippen molar-refractivity contribution < 1.29 is 18.7 Å². The molecule has 5 rings (SSSR count). The van der Waals surface area contributed by atoms with Crippen molar-refractivity contribution in [3.05, 3.63) is 94.1 Å². The summed E-state index contributed by atoms with van der Waals surface area (Å²) < 4.78 is 19.7. The van der Waals surface area contributed by atoms with Crippen molar-refractivity contribution in [1.29, 1.82) is 0 Å². The van der Waals surface area contributed by atoms with E-state index in [4.69, 9.17) is 4.74 Å². The number of halogens is 1. The molecule has 0 radical (unpaired) electrons. The van der Waals surface area contributed by atoms with Crippen LogP contribution in [0.5, 0.6) is 0 Å². The highest BCUT2D eigenvalue weighted by atomic mass is 19.1. The molecular formula is C29H30FNO3. The van der Waals surface area contributed by atoms with Crippen LogP contribution in [0.3, 0.4) is 0 Å². The molecule has 2 aromatic carbocycles. The third kappa shape index (κ3) is 4.44. The molecule has 1 saturated carbocycles. The SMILES string of the molecule is CC1=C(C(=O)OC2CCCCC2)[C@@H](c2ccc(F)cc2)C2=C(C[C@H](c3ccccc3)CC2=O)N1. The Labute approximate surface area is 199 Å². The predicted molar refractivity (Wildman–Crippen MR) is 128 cm³/mol. The molecule has 0 saturated heterocycles. The van der Waals surface area contributed by atoms with Crippen LogP contribution >= 0.6 is 0 Å². The smallest absolute Gasteiger partial charge is 0.337 e. The van der Waals surface area contributed by atoms with Gasteiger partial charge < -0.3 is 10.1 Å². The number of esters is 1. The number of dihydropyridines is 1. The van der Waals surface area contributed by atoms with Gasteiger partial charge in [-0.05, 0) is 68.2 Å². The van der Waals surface area contributed by atoms with Crippen molar-refractivity contribution in [3.63, 3.8) is 0 Å². The zero-order valence-electron chi connectivity index (χ0n) is 19.5. The third-order valence-electron chi connectivity index (χ3n) is 7.35. The number of hydrogen-bond donors (Lipinski definition) is 1. The molecule has 176 valence electrons. The van der Waals surface area contributed by atoms with Gasteiger partial charge in [0.2, 0.25) is 0 Å². The van der Waals surface area contributed by atoms with Crippen LogP contribution in [0.2, 0.25) is 0 Å². The van der Waals surface area contributed by atoms with Crippen LogP contribution in [0, 0.1) is 5.82 Å². The largest absolute Gasteiger partial charge is 0.459 e. The van der Waals surface area contributed by atoms with Crippen LogP contribution in [-0.2, 0) is 14.3 Å². The highest BCUT2D eigenvalue weighted by molar-refractivity contribution is 6.04. The maximum absolute atomic E-state index is 13.7. The lowest BCUT2D eigenvalue weighted by atomic mass is 9.71. The molecule has 0 bridgehead atoms. The lowest BCUT2D eigenvalue weighted by Gasteiger charge is -2.37. The summed E-state index contributed by atoms with van der Waals surface area (Å²) in [4.78, 5) is 27.0. The fourth-order valence-corrected chi connectivity index (χ4v) is 5.66. The summed E-state index contributed by atoms with van der Waals surface area (Å²) in [6.07, 6.45) is 6.01. The molecule has 0 spiro atoms. The van der Waals surface area contributed by atoms with Gasteiger partial charge in [0, 0.05) is 29.3 Å². The molecule has 3 aliphatic rings. The molecule has 0 aromatic heterocycles. The van der Waals surface area contributed by atoms with Crippen LogP contribution < -0.4 is 5.32 Å². The van der Waals surface area contributed by atoms with Gasteiger partial charge in [-0.25, -0.2) is 9.18 Å². The van der Waals surface area contributed by atoms with E-state index in [9.17, 15) is 14.0 Å². The van der Waals surface area contributed by atoms with E-state index in [1.165, 1.54) is 18.6 Å². The minimum atomic E-state index is -0.558. The Morgan fingerprint density at radius 3 is 2.35 bits per heavy atom. The van der Waals surface area contributed by atoms with Crippen molar-refractivity contribution in [2.24, 2.45) is 0 Å². The Morgan fingerprint density at radius 2 is 1.65 bits per heavy atom. The van der Waals surface area contributed by atoms with Gasteiger partial charge in [-0.2, -0.15) is 0 Å². The monoisotopic (exact) mass is 459 g/mol. The van der Waals surface area contributed by atoms with Gasteiger partial charge in [-0.1, -0.05) is 48.9 Å². The lowest BCUT2D eigenvalue weighted by Crippen LogP contribution is -2.37. The molecular weight excluding hydrogens is 429 g/mol. The minimum Gasteiger partial charge on any atom is -0.459 e. The standard InChI is InChI=1S/C29H30FNO3/c1-18-26(29(33)34-23-10-6-3-7-11-23)27(20-12-14-22(30)15-13-20)28-24(31-18)16-21(17-25(28)32)19-8-4-2-5-9-19/h2,4-5,8-9,12-15,21,23,27,31H,3,6-7,10-11,16-17H2,1H3/t21-,27+/m0/s1. The number of rotatable bonds is 4. The lowest BCUT2D eigenvalue weighted by molar-refractivity contribution is -0.146. The van der Waals surface area contributed by atoms with Crippen molar-refractivity contribution in [2.45, 2.75) is 69.8 Å². The Bertz CT molecular complexity index is 1140. The quantitative estimate of drug-likeness (QED) is 0.565. The van der Waals surface area contributed by atoms with Gasteiger partial charge in [0.25, 0.3) is 0 Å². The molecule has 1 aliphatic heterocycles. The van der Waals surface area contributed by atoms with E-state index < -0.39 is 5.92 Å². The first-order valence-corrected chi connectivity index (χ1v) is 12.3. The van der Waals surface area contributed by atoms with Gasteiger partial charge in [-0.15, -0.1) is 0 Å². The zero-order valence-corrected chi connectivity index (χ0v) is 19.5. The number of Topliss-reactive ketones (excluding diaryl/α,β-unsaturated/α-hetero) is 1. The van der Waals surface area contributed by atoms with Gasteiger partial charge in [-0.3, -0.25) is 4.79 Å². The molecule has 4 nitrogen and oxygen atoms in total. The number of carbonyl (C=O) groups excluding carboxylic acids is 2. The highest BCUT2D eigenvalue weighted by Crippen LogP contribution is 2.46. The Balaban J connectivity index is 1.52. The van der Waals surface area contributed by atoms with Crippen molar-refractivity contribution >= 4 is 11.8 Å². The minimum absolute atomic E-state index is 0.0207. The van der Waals surface area contributed by atoms with E-state index in [2.05, 4.69) is 17.4 Å². The normalized spacial score (nSPS) is 23.4. The molecule has 1 heterocycles. The number of benzene rings is 2. The van der Waals surface area contributed by atoms with Crippen molar-refractivity contribution in [3.8, 4) is 0 Å². The van der Waals surface area contributed by atoms with Crippen LogP contribution in [0.4, 0.5) is 4.39 Å². The fraction of sp³-hybridized carbons (Fsp3) is 0.379. The molecule has 2 aromatic rings. The summed E-state index contributed by atoms with van der Waals surface area (Å²) in [5.74, 6) is -1.18. The molecule has 2 aliphatic carbocycles. The van der Waals surface area contributed by atoms with Gasteiger partial charge >= 0.3 is 5.97 Å². The number of carbonyl (C=O) groups is 2. The molecule has 34 heavy (non-hydrogen) atoms. The van der Waals surface area contributed by atoms with Crippen LogP contribution in [0.15, 0.2) is 77.1 Å². The van der Waals surface area contributed by atoms with Crippen LogP contribution in [0.25, 0.3) is 0 Å². The Morgan fingerprint density at radius 1 is 0.941 bits per heavy atom. The maximum Gasteiger partial charge on any atom is 0.337 e. The summed E-state index contributed by atoms with van der Waals surface area (Å²) in [6.45, 7) is 1.87. The zero-order chi connectivity index (χ0) is 23.7.